The van der Waals surface area contributed by atoms with E-state index in [9.17, 15) is 5.11 Å². The molecule has 0 saturated carbocycles. The van der Waals surface area contributed by atoms with Crippen molar-refractivity contribution < 1.29 is 9.84 Å². The smallest absolute Gasteiger partial charge is 0.224 e. The highest BCUT2D eigenvalue weighted by molar-refractivity contribution is 6.32. The third kappa shape index (κ3) is 3.14. The molecule has 0 amide bonds. The van der Waals surface area contributed by atoms with Crippen molar-refractivity contribution in [3.05, 3.63) is 47.0 Å². The largest absolute Gasteiger partial charge is 0.503 e. The van der Waals surface area contributed by atoms with Crippen LogP contribution in [0.3, 0.4) is 0 Å². The number of imidazole rings is 1. The van der Waals surface area contributed by atoms with Gasteiger partial charge in [0.25, 0.3) is 0 Å². The summed E-state index contributed by atoms with van der Waals surface area (Å²) in [6.45, 7) is 2.27. The van der Waals surface area contributed by atoms with E-state index in [4.69, 9.17) is 16.3 Å². The Balaban J connectivity index is 1.82. The van der Waals surface area contributed by atoms with Gasteiger partial charge in [-0.15, -0.1) is 0 Å². The maximum atomic E-state index is 9.84. The molecule has 6 nitrogen and oxygen atoms in total. The summed E-state index contributed by atoms with van der Waals surface area (Å²) in [6.07, 6.45) is 1.59. The fourth-order valence-electron chi connectivity index (χ4n) is 2.34. The Morgan fingerprint density at radius 2 is 2.17 bits per heavy atom. The number of nitrogens with one attached hydrogen (secondary N) is 1. The molecule has 7 heteroatoms. The van der Waals surface area contributed by atoms with Crippen LogP contribution in [0.15, 0.2) is 41.5 Å². The molecule has 2 aromatic carbocycles. The van der Waals surface area contributed by atoms with Crippen molar-refractivity contribution in [3.63, 3.8) is 0 Å². The summed E-state index contributed by atoms with van der Waals surface area (Å²) in [5, 5.41) is 14.2. The van der Waals surface area contributed by atoms with Crippen molar-refractivity contribution in [3.8, 4) is 11.5 Å². The van der Waals surface area contributed by atoms with Crippen molar-refractivity contribution in [2.75, 3.05) is 12.0 Å². The number of phenolic OH excluding ortho intramolecular Hbond substituents is 1. The van der Waals surface area contributed by atoms with Crippen LogP contribution in [0, 0.1) is 0 Å². The fourth-order valence-corrected chi connectivity index (χ4v) is 2.56. The zero-order valence-electron chi connectivity index (χ0n) is 13.3. The monoisotopic (exact) mass is 344 g/mol. The summed E-state index contributed by atoms with van der Waals surface area (Å²) in [4.78, 5) is 4.47. The van der Waals surface area contributed by atoms with Gasteiger partial charge in [-0.1, -0.05) is 23.7 Å². The Morgan fingerprint density at radius 3 is 2.92 bits per heavy atom. The first-order chi connectivity index (χ1) is 11.6. The summed E-state index contributed by atoms with van der Waals surface area (Å²) in [5.41, 5.74) is 5.52. The average molecular weight is 345 g/mol. The van der Waals surface area contributed by atoms with Gasteiger partial charge < -0.3 is 14.4 Å². The number of fused-ring (bicyclic) bond motifs is 1. The molecule has 1 aromatic heterocycles. The second-order valence-electron chi connectivity index (χ2n) is 5.14. The van der Waals surface area contributed by atoms with Gasteiger partial charge in [-0.05, 0) is 36.8 Å². The molecule has 0 aliphatic carbocycles. The zero-order chi connectivity index (χ0) is 17.1. The number of hydrazone groups is 1. The molecule has 3 aromatic rings. The Kier molecular flexibility index (Phi) is 4.57. The lowest BCUT2D eigenvalue weighted by Crippen LogP contribution is -1.99. The molecule has 0 atom stereocenters. The summed E-state index contributed by atoms with van der Waals surface area (Å²) in [6, 6.07) is 11.1. The molecule has 0 radical (unpaired) electrons. The van der Waals surface area contributed by atoms with Crippen LogP contribution < -0.4 is 10.2 Å². The van der Waals surface area contributed by atoms with Crippen molar-refractivity contribution in [2.45, 2.75) is 6.92 Å². The lowest BCUT2D eigenvalue weighted by molar-refractivity contribution is 0.318. The minimum absolute atomic E-state index is 0.0704. The SMILES string of the molecule is CCOc1cc(/C=N\Nc2nc3ccccc3n2C)cc(Cl)c1O. The highest BCUT2D eigenvalue weighted by Crippen LogP contribution is 2.34. The predicted molar refractivity (Wildman–Crippen MR) is 96.2 cm³/mol. The molecule has 3 rings (SSSR count). The molecule has 0 aliphatic heterocycles. The number of para-hydroxylation sites is 2. The Bertz CT molecular complexity index is 905. The number of nitrogens with zero attached hydrogens (tertiary/aromatic N) is 3. The van der Waals surface area contributed by atoms with Gasteiger partial charge in [0, 0.05) is 7.05 Å². The third-order valence-corrected chi connectivity index (χ3v) is 3.80. The van der Waals surface area contributed by atoms with Gasteiger partial charge >= 0.3 is 0 Å². The predicted octanol–water partition coefficient (Wildman–Crippen LogP) is 3.78. The first-order valence-corrected chi connectivity index (χ1v) is 7.83. The third-order valence-electron chi connectivity index (χ3n) is 3.52. The summed E-state index contributed by atoms with van der Waals surface area (Å²) < 4.78 is 7.27. The summed E-state index contributed by atoms with van der Waals surface area (Å²) in [7, 11) is 1.91. The number of hydrogen-bond donors (Lipinski definition) is 2. The molecule has 1 heterocycles. The van der Waals surface area contributed by atoms with Crippen LogP contribution in [0.4, 0.5) is 5.95 Å². The second-order valence-corrected chi connectivity index (χ2v) is 5.54. The van der Waals surface area contributed by atoms with Crippen LogP contribution in [0.1, 0.15) is 12.5 Å². The molecular weight excluding hydrogens is 328 g/mol. The molecule has 24 heavy (non-hydrogen) atoms. The van der Waals surface area contributed by atoms with Crippen LogP contribution in [0.5, 0.6) is 11.5 Å². The number of hydrogen-bond acceptors (Lipinski definition) is 5. The number of halogens is 1. The van der Waals surface area contributed by atoms with Gasteiger partial charge in [-0.2, -0.15) is 5.10 Å². The van der Waals surface area contributed by atoms with E-state index in [0.717, 1.165) is 11.0 Å². The average Bonchev–Trinajstić information content (AvgIpc) is 2.89. The van der Waals surface area contributed by atoms with Crippen molar-refractivity contribution >= 4 is 34.8 Å². The van der Waals surface area contributed by atoms with E-state index >= 15 is 0 Å². The van der Waals surface area contributed by atoms with E-state index in [1.807, 2.05) is 42.8 Å². The highest BCUT2D eigenvalue weighted by atomic mass is 35.5. The fraction of sp³-hybridized carbons (Fsp3) is 0.176. The number of benzene rings is 2. The van der Waals surface area contributed by atoms with Gasteiger partial charge in [-0.25, -0.2) is 10.4 Å². The topological polar surface area (TPSA) is 71.7 Å². The first-order valence-electron chi connectivity index (χ1n) is 7.46. The number of ether oxygens (including phenoxy) is 1. The van der Waals surface area contributed by atoms with Crippen molar-refractivity contribution in [2.24, 2.45) is 12.1 Å². The van der Waals surface area contributed by atoms with Gasteiger partial charge in [0.2, 0.25) is 5.95 Å². The van der Waals surface area contributed by atoms with Gasteiger partial charge in [0.15, 0.2) is 11.5 Å². The second kappa shape index (κ2) is 6.80. The van der Waals surface area contributed by atoms with Crippen LogP contribution >= 0.6 is 11.6 Å². The van der Waals surface area contributed by atoms with Crippen LogP contribution in [-0.2, 0) is 7.05 Å². The minimum atomic E-state index is -0.0704. The number of aromatic nitrogens is 2. The maximum absolute atomic E-state index is 9.84. The quantitative estimate of drug-likeness (QED) is 0.546. The first kappa shape index (κ1) is 16.1. The van der Waals surface area contributed by atoms with E-state index < -0.39 is 0 Å². The number of aryl methyl sites for hydroxylation is 1. The number of rotatable bonds is 5. The molecule has 0 saturated heterocycles. The van der Waals surface area contributed by atoms with E-state index in [1.165, 1.54) is 0 Å². The van der Waals surface area contributed by atoms with Crippen LogP contribution in [0.25, 0.3) is 11.0 Å². The van der Waals surface area contributed by atoms with Crippen molar-refractivity contribution in [1.29, 1.82) is 0 Å². The van der Waals surface area contributed by atoms with E-state index in [0.29, 0.717) is 23.9 Å². The standard InChI is InChI=1S/C17H17ClN4O2/c1-3-24-15-9-11(8-12(18)16(15)23)10-19-21-17-20-13-6-4-5-7-14(13)22(17)2/h4-10,23H,3H2,1-2H3,(H,20,21)/b19-10-. The van der Waals surface area contributed by atoms with E-state index in [1.54, 1.807) is 18.3 Å². The molecule has 0 bridgehead atoms. The Hall–Kier alpha value is -2.73. The Labute approximate surface area is 144 Å². The molecule has 2 N–H and O–H groups in total. The lowest BCUT2D eigenvalue weighted by Gasteiger charge is -2.08. The minimum Gasteiger partial charge on any atom is -0.503 e. The normalized spacial score (nSPS) is 11.3. The zero-order valence-corrected chi connectivity index (χ0v) is 14.1. The summed E-state index contributed by atoms with van der Waals surface area (Å²) in [5.74, 6) is 0.885. The Morgan fingerprint density at radius 1 is 1.38 bits per heavy atom. The van der Waals surface area contributed by atoms with Crippen molar-refractivity contribution in [1.82, 2.24) is 9.55 Å². The molecule has 0 fully saturated rings. The summed E-state index contributed by atoms with van der Waals surface area (Å²) >= 11 is 6.00. The maximum Gasteiger partial charge on any atom is 0.224 e. The molecular formula is C17H17ClN4O2. The molecule has 0 aliphatic rings. The molecule has 0 unspecified atom stereocenters. The number of phenols is 1. The van der Waals surface area contributed by atoms with Crippen LogP contribution in [-0.4, -0.2) is 27.5 Å². The molecule has 0 spiro atoms. The molecule has 124 valence electrons. The van der Waals surface area contributed by atoms with E-state index in [2.05, 4.69) is 15.5 Å². The van der Waals surface area contributed by atoms with Gasteiger partial charge in [-0.3, -0.25) is 0 Å². The lowest BCUT2D eigenvalue weighted by atomic mass is 10.2. The highest BCUT2D eigenvalue weighted by Gasteiger charge is 2.09. The van der Waals surface area contributed by atoms with Gasteiger partial charge in [0.05, 0.1) is 28.9 Å². The van der Waals surface area contributed by atoms with E-state index in [-0.39, 0.29) is 10.8 Å². The van der Waals surface area contributed by atoms with Gasteiger partial charge in [0.1, 0.15) is 0 Å². The number of anilines is 1. The van der Waals surface area contributed by atoms with Crippen LogP contribution in [0.2, 0.25) is 5.02 Å². The number of aromatic hydroxyl groups is 1.